The maximum atomic E-state index is 5.36. The minimum atomic E-state index is 0.532. The van der Waals surface area contributed by atoms with Gasteiger partial charge in [0, 0.05) is 17.8 Å². The van der Waals surface area contributed by atoms with Crippen LogP contribution >= 0.6 is 12.2 Å². The van der Waals surface area contributed by atoms with Crippen molar-refractivity contribution in [2.45, 2.75) is 45.2 Å². The monoisotopic (exact) mass is 263 g/mol. The van der Waals surface area contributed by atoms with Gasteiger partial charge in [-0.05, 0) is 51.0 Å². The van der Waals surface area contributed by atoms with Crippen LogP contribution in [0.15, 0.2) is 30.3 Å². The van der Waals surface area contributed by atoms with Crippen LogP contribution in [0, 0.1) is 0 Å². The summed E-state index contributed by atoms with van der Waals surface area (Å²) < 4.78 is 0. The Morgan fingerprint density at radius 3 is 2.39 bits per heavy atom. The van der Waals surface area contributed by atoms with Gasteiger partial charge in [0.1, 0.15) is 0 Å². The van der Waals surface area contributed by atoms with E-state index >= 15 is 0 Å². The van der Waals surface area contributed by atoms with Crippen molar-refractivity contribution in [1.82, 2.24) is 10.4 Å². The Balaban J connectivity index is 1.90. The van der Waals surface area contributed by atoms with Crippen LogP contribution in [0.1, 0.15) is 33.1 Å². The average Bonchev–Trinajstić information content (AvgIpc) is 2.35. The molecule has 1 fully saturated rings. The fourth-order valence-corrected chi connectivity index (χ4v) is 2.66. The van der Waals surface area contributed by atoms with Crippen LogP contribution in [0.25, 0.3) is 0 Å². The van der Waals surface area contributed by atoms with Crippen molar-refractivity contribution in [1.29, 1.82) is 0 Å². The number of hydrogen-bond acceptors (Lipinski definition) is 2. The van der Waals surface area contributed by atoms with Crippen LogP contribution < -0.4 is 10.7 Å². The van der Waals surface area contributed by atoms with Gasteiger partial charge in [-0.1, -0.05) is 24.6 Å². The Labute approximate surface area is 115 Å². The van der Waals surface area contributed by atoms with E-state index in [1.165, 1.54) is 19.3 Å². The summed E-state index contributed by atoms with van der Waals surface area (Å²) in [5, 5.41) is 6.14. The second-order valence-corrected chi connectivity index (χ2v) is 5.38. The summed E-state index contributed by atoms with van der Waals surface area (Å²) in [4.78, 5) is 0. The summed E-state index contributed by atoms with van der Waals surface area (Å²) in [6, 6.07) is 11.1. The number of nitrogens with zero attached hydrogens (tertiary/aromatic N) is 1. The van der Waals surface area contributed by atoms with Gasteiger partial charge in [0.25, 0.3) is 0 Å². The molecule has 2 unspecified atom stereocenters. The van der Waals surface area contributed by atoms with E-state index in [-0.39, 0.29) is 0 Å². The number of piperidine rings is 1. The molecular weight excluding hydrogens is 242 g/mol. The van der Waals surface area contributed by atoms with Gasteiger partial charge in [-0.25, -0.2) is 5.01 Å². The topological polar surface area (TPSA) is 27.3 Å². The van der Waals surface area contributed by atoms with Crippen molar-refractivity contribution < 1.29 is 0 Å². The second kappa shape index (κ2) is 6.16. The number of rotatable bonds is 2. The first-order chi connectivity index (χ1) is 8.66. The summed E-state index contributed by atoms with van der Waals surface area (Å²) >= 11 is 5.36. The Morgan fingerprint density at radius 2 is 1.78 bits per heavy atom. The fraction of sp³-hybridized carbons (Fsp3) is 0.500. The van der Waals surface area contributed by atoms with Crippen LogP contribution in [-0.2, 0) is 0 Å². The van der Waals surface area contributed by atoms with Crippen LogP contribution in [0.2, 0.25) is 0 Å². The van der Waals surface area contributed by atoms with Crippen LogP contribution in [0.5, 0.6) is 0 Å². The molecule has 0 bridgehead atoms. The van der Waals surface area contributed by atoms with E-state index in [0.717, 1.165) is 5.69 Å². The molecule has 1 aromatic carbocycles. The molecule has 2 rings (SSSR count). The molecule has 0 aliphatic carbocycles. The standard InChI is InChI=1S/C14H21N3S/c1-11-7-6-8-12(2)17(11)16-14(18)15-13-9-4-3-5-10-13/h3-5,9-12H,6-8H2,1-2H3,(H2,15,16,18). The highest BCUT2D eigenvalue weighted by molar-refractivity contribution is 7.80. The van der Waals surface area contributed by atoms with Crippen molar-refractivity contribution in [3.8, 4) is 0 Å². The molecule has 2 atom stereocenters. The van der Waals surface area contributed by atoms with E-state index in [0.29, 0.717) is 17.2 Å². The molecule has 0 saturated carbocycles. The zero-order valence-corrected chi connectivity index (χ0v) is 11.8. The van der Waals surface area contributed by atoms with Crippen molar-refractivity contribution >= 4 is 23.0 Å². The van der Waals surface area contributed by atoms with E-state index in [2.05, 4.69) is 29.6 Å². The predicted molar refractivity (Wildman–Crippen MR) is 80.4 cm³/mol. The van der Waals surface area contributed by atoms with Crippen LogP contribution in [0.4, 0.5) is 5.69 Å². The van der Waals surface area contributed by atoms with Crippen LogP contribution in [0.3, 0.4) is 0 Å². The highest BCUT2D eigenvalue weighted by Gasteiger charge is 2.25. The first-order valence-corrected chi connectivity index (χ1v) is 6.98. The molecule has 0 spiro atoms. The predicted octanol–water partition coefficient (Wildman–Crippen LogP) is 3.15. The maximum Gasteiger partial charge on any atom is 0.185 e. The number of anilines is 1. The Bertz CT molecular complexity index is 383. The average molecular weight is 263 g/mol. The third-order valence-corrected chi connectivity index (χ3v) is 3.65. The van der Waals surface area contributed by atoms with Gasteiger partial charge in [0.05, 0.1) is 0 Å². The van der Waals surface area contributed by atoms with Gasteiger partial charge in [0.2, 0.25) is 0 Å². The van der Waals surface area contributed by atoms with Gasteiger partial charge in [0.15, 0.2) is 5.11 Å². The molecule has 2 N–H and O–H groups in total. The van der Waals surface area contributed by atoms with Crippen molar-refractivity contribution in [3.63, 3.8) is 0 Å². The lowest BCUT2D eigenvalue weighted by molar-refractivity contribution is 0.0750. The highest BCUT2D eigenvalue weighted by atomic mass is 32.1. The number of para-hydroxylation sites is 1. The molecular formula is C14H21N3S. The van der Waals surface area contributed by atoms with Gasteiger partial charge in [-0.2, -0.15) is 0 Å². The summed E-state index contributed by atoms with van der Waals surface area (Å²) in [6.45, 7) is 4.49. The number of hydrogen-bond donors (Lipinski definition) is 2. The molecule has 1 aliphatic rings. The Morgan fingerprint density at radius 1 is 1.17 bits per heavy atom. The lowest BCUT2D eigenvalue weighted by atomic mass is 10.00. The van der Waals surface area contributed by atoms with Crippen LogP contribution in [-0.4, -0.2) is 22.2 Å². The molecule has 1 aromatic rings. The number of nitrogens with one attached hydrogen (secondary N) is 2. The zero-order valence-electron chi connectivity index (χ0n) is 11.0. The van der Waals surface area contributed by atoms with Crippen molar-refractivity contribution in [3.05, 3.63) is 30.3 Å². The molecule has 1 saturated heterocycles. The quantitative estimate of drug-likeness (QED) is 0.802. The van der Waals surface area contributed by atoms with E-state index < -0.39 is 0 Å². The maximum absolute atomic E-state index is 5.36. The molecule has 4 heteroatoms. The molecule has 3 nitrogen and oxygen atoms in total. The molecule has 18 heavy (non-hydrogen) atoms. The Kier molecular flexibility index (Phi) is 4.55. The molecule has 0 aromatic heterocycles. The smallest absolute Gasteiger partial charge is 0.185 e. The highest BCUT2D eigenvalue weighted by Crippen LogP contribution is 2.20. The second-order valence-electron chi connectivity index (χ2n) is 4.97. The number of benzene rings is 1. The first kappa shape index (κ1) is 13.3. The molecule has 0 amide bonds. The first-order valence-electron chi connectivity index (χ1n) is 6.58. The third-order valence-electron chi connectivity index (χ3n) is 3.46. The summed E-state index contributed by atoms with van der Waals surface area (Å²) in [6.07, 6.45) is 3.76. The van der Waals surface area contributed by atoms with E-state index in [1.54, 1.807) is 0 Å². The number of hydrazine groups is 1. The van der Waals surface area contributed by atoms with Gasteiger partial charge in [-0.3, -0.25) is 5.43 Å². The van der Waals surface area contributed by atoms with E-state index in [1.807, 2.05) is 30.3 Å². The van der Waals surface area contributed by atoms with Gasteiger partial charge < -0.3 is 5.32 Å². The normalized spacial score (nSPS) is 24.6. The molecule has 1 heterocycles. The minimum absolute atomic E-state index is 0.532. The lowest BCUT2D eigenvalue weighted by Gasteiger charge is -2.39. The molecule has 1 aliphatic heterocycles. The summed E-state index contributed by atoms with van der Waals surface area (Å²) in [5.41, 5.74) is 4.34. The minimum Gasteiger partial charge on any atom is -0.332 e. The zero-order chi connectivity index (χ0) is 13.0. The van der Waals surface area contributed by atoms with Crippen molar-refractivity contribution in [2.24, 2.45) is 0 Å². The van der Waals surface area contributed by atoms with Gasteiger partial charge in [-0.15, -0.1) is 0 Å². The van der Waals surface area contributed by atoms with Crippen molar-refractivity contribution in [2.75, 3.05) is 5.32 Å². The molecule has 0 radical (unpaired) electrons. The summed E-state index contributed by atoms with van der Waals surface area (Å²) in [7, 11) is 0. The fourth-order valence-electron chi connectivity index (χ4n) is 2.44. The lowest BCUT2D eigenvalue weighted by Crippen LogP contribution is -2.55. The summed E-state index contributed by atoms with van der Waals surface area (Å²) in [5.74, 6) is 0. The molecule has 98 valence electrons. The Hall–Kier alpha value is -1.13. The SMILES string of the molecule is CC1CCCC(C)N1NC(=S)Nc1ccccc1. The van der Waals surface area contributed by atoms with Gasteiger partial charge >= 0.3 is 0 Å². The van der Waals surface area contributed by atoms with E-state index in [4.69, 9.17) is 12.2 Å². The largest absolute Gasteiger partial charge is 0.332 e. The van der Waals surface area contributed by atoms with E-state index in [9.17, 15) is 0 Å². The number of thiocarbonyl (C=S) groups is 1. The third kappa shape index (κ3) is 3.43.